The fourth-order valence-corrected chi connectivity index (χ4v) is 4.33. The highest BCUT2D eigenvalue weighted by Gasteiger charge is 2.41. The third kappa shape index (κ3) is 2.67. The number of nitro benzene ring substituents is 1. The van der Waals surface area contributed by atoms with E-state index in [9.17, 15) is 10.1 Å². The quantitative estimate of drug-likeness (QED) is 0.481. The van der Waals surface area contributed by atoms with Gasteiger partial charge in [0.25, 0.3) is 5.69 Å². The molecule has 2 aliphatic rings. The molecule has 0 fully saturated rings. The maximum atomic E-state index is 11.0. The molecule has 6 nitrogen and oxygen atoms in total. The molecule has 0 bridgehead atoms. The standard InChI is InChI=1S/C20H15N3O3S/c24-23(25)14-9-7-13(8-10-14)20-22-17(15-4-1-2-5-18(15)26-20)12-16(21-22)19-6-3-11-27-19/h1-11,17,20H,12H2/t17-,20+/m1/s1. The number of thiophene rings is 1. The van der Waals surface area contributed by atoms with Gasteiger partial charge in [0.1, 0.15) is 5.75 Å². The maximum absolute atomic E-state index is 11.0. The summed E-state index contributed by atoms with van der Waals surface area (Å²) in [5.41, 5.74) is 3.07. The summed E-state index contributed by atoms with van der Waals surface area (Å²) in [7, 11) is 0. The van der Waals surface area contributed by atoms with E-state index in [2.05, 4.69) is 12.1 Å². The van der Waals surface area contributed by atoms with E-state index in [0.29, 0.717) is 0 Å². The van der Waals surface area contributed by atoms with Crippen LogP contribution in [0.5, 0.6) is 5.75 Å². The Kier molecular flexibility index (Phi) is 3.68. The monoisotopic (exact) mass is 377 g/mol. The van der Waals surface area contributed by atoms with Gasteiger partial charge in [-0.05, 0) is 29.6 Å². The zero-order chi connectivity index (χ0) is 18.4. The van der Waals surface area contributed by atoms with E-state index in [1.807, 2.05) is 34.7 Å². The Bertz CT molecular complexity index is 1030. The van der Waals surface area contributed by atoms with Crippen LogP contribution in [0.3, 0.4) is 0 Å². The summed E-state index contributed by atoms with van der Waals surface area (Å²) in [4.78, 5) is 11.7. The molecular weight excluding hydrogens is 362 g/mol. The van der Waals surface area contributed by atoms with Gasteiger partial charge in [0.2, 0.25) is 6.23 Å². The second-order valence-corrected chi connectivity index (χ2v) is 7.43. The number of hydrogen-bond acceptors (Lipinski definition) is 6. The lowest BCUT2D eigenvalue weighted by atomic mass is 9.98. The smallest absolute Gasteiger partial charge is 0.269 e. The second kappa shape index (κ2) is 6.21. The third-order valence-electron chi connectivity index (χ3n) is 4.89. The van der Waals surface area contributed by atoms with Gasteiger partial charge in [0.05, 0.1) is 21.6 Å². The number of nitrogens with zero attached hydrogens (tertiary/aromatic N) is 3. The number of fused-ring (bicyclic) bond motifs is 3. The average molecular weight is 377 g/mol. The van der Waals surface area contributed by atoms with Gasteiger partial charge in [0, 0.05) is 29.7 Å². The highest BCUT2D eigenvalue weighted by Crippen LogP contribution is 2.47. The molecule has 0 aliphatic carbocycles. The van der Waals surface area contributed by atoms with Crippen LogP contribution in [-0.2, 0) is 0 Å². The van der Waals surface area contributed by atoms with Crippen molar-refractivity contribution in [2.75, 3.05) is 0 Å². The Labute approximate surface area is 159 Å². The van der Waals surface area contributed by atoms with Crippen molar-refractivity contribution in [3.8, 4) is 5.75 Å². The van der Waals surface area contributed by atoms with E-state index in [1.54, 1.807) is 23.5 Å². The van der Waals surface area contributed by atoms with Gasteiger partial charge in [-0.25, -0.2) is 5.01 Å². The average Bonchev–Trinajstić information content (AvgIpc) is 3.37. The predicted octanol–water partition coefficient (Wildman–Crippen LogP) is 4.90. The fraction of sp³-hybridized carbons (Fsp3) is 0.150. The van der Waals surface area contributed by atoms with E-state index in [1.165, 1.54) is 12.1 Å². The fourth-order valence-electron chi connectivity index (χ4n) is 3.61. The first-order valence-corrected chi connectivity index (χ1v) is 9.48. The summed E-state index contributed by atoms with van der Waals surface area (Å²) < 4.78 is 6.25. The minimum absolute atomic E-state index is 0.0655. The minimum atomic E-state index is -0.414. The molecule has 5 rings (SSSR count). The van der Waals surface area contributed by atoms with Gasteiger partial charge in [-0.1, -0.05) is 24.3 Å². The van der Waals surface area contributed by atoms with E-state index < -0.39 is 11.2 Å². The highest BCUT2D eigenvalue weighted by molar-refractivity contribution is 7.12. The molecule has 7 heteroatoms. The Morgan fingerprint density at radius 2 is 1.93 bits per heavy atom. The second-order valence-electron chi connectivity index (χ2n) is 6.48. The molecule has 0 unspecified atom stereocenters. The lowest BCUT2D eigenvalue weighted by Gasteiger charge is -2.38. The Balaban J connectivity index is 1.57. The molecule has 2 aromatic carbocycles. The van der Waals surface area contributed by atoms with Crippen LogP contribution in [0, 0.1) is 10.1 Å². The largest absolute Gasteiger partial charge is 0.464 e. The van der Waals surface area contributed by atoms with Crippen molar-refractivity contribution in [2.45, 2.75) is 18.7 Å². The third-order valence-corrected chi connectivity index (χ3v) is 5.81. The molecule has 0 N–H and O–H groups in total. The molecule has 0 spiro atoms. The van der Waals surface area contributed by atoms with Gasteiger partial charge in [0.15, 0.2) is 0 Å². The SMILES string of the molecule is O=[N+]([O-])c1ccc([C@@H]2Oc3ccccc3[C@H]3CC(c4cccs4)=NN32)cc1. The van der Waals surface area contributed by atoms with Gasteiger partial charge in [-0.15, -0.1) is 11.3 Å². The zero-order valence-electron chi connectivity index (χ0n) is 14.2. The van der Waals surface area contributed by atoms with Crippen LogP contribution in [0.4, 0.5) is 5.69 Å². The van der Waals surface area contributed by atoms with Gasteiger partial charge < -0.3 is 4.74 Å². The molecule has 0 saturated heterocycles. The highest BCUT2D eigenvalue weighted by atomic mass is 32.1. The number of para-hydroxylation sites is 1. The van der Waals surface area contributed by atoms with Gasteiger partial charge in [-0.2, -0.15) is 5.10 Å². The topological polar surface area (TPSA) is 68.0 Å². The molecule has 2 atom stereocenters. The predicted molar refractivity (Wildman–Crippen MR) is 103 cm³/mol. The number of ether oxygens (including phenoxy) is 1. The van der Waals surface area contributed by atoms with Crippen molar-refractivity contribution in [2.24, 2.45) is 5.10 Å². The molecule has 3 heterocycles. The van der Waals surface area contributed by atoms with Crippen LogP contribution in [0.25, 0.3) is 0 Å². The molecule has 0 saturated carbocycles. The summed E-state index contributed by atoms with van der Waals surface area (Å²) in [6.07, 6.45) is 0.396. The van der Waals surface area contributed by atoms with Crippen LogP contribution in [0.15, 0.2) is 71.1 Å². The summed E-state index contributed by atoms with van der Waals surface area (Å²) in [5.74, 6) is 0.838. The van der Waals surface area contributed by atoms with Crippen LogP contribution in [0.2, 0.25) is 0 Å². The Morgan fingerprint density at radius 1 is 1.11 bits per heavy atom. The molecule has 134 valence electrons. The van der Waals surface area contributed by atoms with Crippen LogP contribution < -0.4 is 4.74 Å². The Hall–Kier alpha value is -3.19. The van der Waals surface area contributed by atoms with E-state index in [0.717, 1.165) is 33.9 Å². The minimum Gasteiger partial charge on any atom is -0.464 e. The van der Waals surface area contributed by atoms with Crippen molar-refractivity contribution in [3.05, 3.63) is 92.2 Å². The zero-order valence-corrected chi connectivity index (χ0v) is 15.0. The van der Waals surface area contributed by atoms with Crippen molar-refractivity contribution in [1.29, 1.82) is 0 Å². The summed E-state index contributed by atoms with van der Waals surface area (Å²) in [6, 6.07) is 18.7. The molecule has 0 amide bonds. The van der Waals surface area contributed by atoms with Crippen molar-refractivity contribution >= 4 is 22.7 Å². The number of rotatable bonds is 3. The molecular formula is C20H15N3O3S. The van der Waals surface area contributed by atoms with E-state index in [-0.39, 0.29) is 11.7 Å². The normalized spacial score (nSPS) is 20.4. The summed E-state index contributed by atoms with van der Waals surface area (Å²) >= 11 is 1.68. The van der Waals surface area contributed by atoms with Crippen LogP contribution in [-0.4, -0.2) is 15.6 Å². The lowest BCUT2D eigenvalue weighted by Crippen LogP contribution is -2.33. The van der Waals surface area contributed by atoms with Gasteiger partial charge >= 0.3 is 0 Å². The summed E-state index contributed by atoms with van der Waals surface area (Å²) in [5, 5.41) is 19.9. The first-order valence-electron chi connectivity index (χ1n) is 8.60. The number of non-ortho nitro benzene ring substituents is 1. The number of hydrogen-bond donors (Lipinski definition) is 0. The maximum Gasteiger partial charge on any atom is 0.269 e. The summed E-state index contributed by atoms with van der Waals surface area (Å²) in [6.45, 7) is 0. The molecule has 3 aromatic rings. The van der Waals surface area contributed by atoms with Crippen molar-refractivity contribution in [3.63, 3.8) is 0 Å². The number of hydrazone groups is 1. The first kappa shape index (κ1) is 16.0. The van der Waals surface area contributed by atoms with E-state index in [4.69, 9.17) is 9.84 Å². The molecule has 1 aromatic heterocycles. The first-order chi connectivity index (χ1) is 13.2. The van der Waals surface area contributed by atoms with E-state index >= 15 is 0 Å². The number of benzene rings is 2. The molecule has 27 heavy (non-hydrogen) atoms. The molecule has 2 aliphatic heterocycles. The molecule has 0 radical (unpaired) electrons. The lowest BCUT2D eigenvalue weighted by molar-refractivity contribution is -0.384. The number of nitro groups is 1. The van der Waals surface area contributed by atoms with Crippen molar-refractivity contribution < 1.29 is 9.66 Å². The van der Waals surface area contributed by atoms with Crippen molar-refractivity contribution in [1.82, 2.24) is 5.01 Å². The van der Waals surface area contributed by atoms with Crippen LogP contribution >= 0.6 is 11.3 Å². The Morgan fingerprint density at radius 3 is 2.67 bits per heavy atom. The van der Waals surface area contributed by atoms with Crippen LogP contribution in [0.1, 0.15) is 34.7 Å². The van der Waals surface area contributed by atoms with Gasteiger partial charge in [-0.3, -0.25) is 10.1 Å².